The van der Waals surface area contributed by atoms with Crippen LogP contribution in [0.25, 0.3) is 0 Å². The van der Waals surface area contributed by atoms with Crippen LogP contribution in [0.3, 0.4) is 0 Å². The number of primary sulfonamides is 1. The number of nitrogens with one attached hydrogen (secondary N) is 1. The SMILES string of the molecule is N#C/C(N=Nc1ccc([N+](=O)[O-])cc1O)=N\Nc1ccc(S(N)(=O)=O)cc1. The zero-order valence-electron chi connectivity index (χ0n) is 13.3. The number of rotatable bonds is 5. The van der Waals surface area contributed by atoms with Crippen LogP contribution in [0.15, 0.2) is 62.7 Å². The predicted octanol–water partition coefficient (Wildman–Crippen LogP) is 1.98. The lowest BCUT2D eigenvalue weighted by atomic mass is 10.2. The molecule has 0 saturated heterocycles. The van der Waals surface area contributed by atoms with Crippen molar-refractivity contribution in [1.29, 1.82) is 5.26 Å². The number of hydrogen-bond acceptors (Lipinski definition) is 9. The number of phenols is 1. The standard InChI is InChI=1S/C14H11N7O5S/c15-8-14(19-17-9-1-4-11(5-2-9)27(16,25)26)20-18-12-6-3-10(21(23)24)7-13(12)22/h1-7,17,22H,(H2,16,25,26)/b19-14+,20-18?. The largest absolute Gasteiger partial charge is 0.505 e. The molecule has 0 radical (unpaired) electrons. The molecule has 2 aromatic carbocycles. The number of sulfonamides is 1. The second kappa shape index (κ2) is 7.99. The first-order chi connectivity index (χ1) is 12.7. The molecular weight excluding hydrogens is 378 g/mol. The number of hydrazone groups is 1. The van der Waals surface area contributed by atoms with E-state index >= 15 is 0 Å². The number of nitrogens with zero attached hydrogens (tertiary/aromatic N) is 5. The average molecular weight is 389 g/mol. The van der Waals surface area contributed by atoms with Gasteiger partial charge in [-0.15, -0.1) is 15.3 Å². The highest BCUT2D eigenvalue weighted by Crippen LogP contribution is 2.30. The van der Waals surface area contributed by atoms with E-state index in [4.69, 9.17) is 10.4 Å². The lowest BCUT2D eigenvalue weighted by Gasteiger charge is -2.01. The van der Waals surface area contributed by atoms with Gasteiger partial charge in [-0.3, -0.25) is 15.5 Å². The lowest BCUT2D eigenvalue weighted by molar-refractivity contribution is -0.384. The summed E-state index contributed by atoms with van der Waals surface area (Å²) >= 11 is 0. The van der Waals surface area contributed by atoms with Crippen molar-refractivity contribution >= 4 is 32.9 Å². The minimum absolute atomic E-state index is 0.0918. The Kier molecular flexibility index (Phi) is 5.75. The van der Waals surface area contributed by atoms with E-state index in [1.807, 2.05) is 0 Å². The molecule has 0 fully saturated rings. The van der Waals surface area contributed by atoms with Crippen molar-refractivity contribution in [3.8, 4) is 11.8 Å². The monoisotopic (exact) mass is 389 g/mol. The number of nitriles is 1. The second-order valence-corrected chi connectivity index (χ2v) is 6.42. The quantitative estimate of drug-likeness (QED) is 0.228. The van der Waals surface area contributed by atoms with Crippen LogP contribution in [0.2, 0.25) is 0 Å². The van der Waals surface area contributed by atoms with Crippen molar-refractivity contribution < 1.29 is 18.4 Å². The fourth-order valence-electron chi connectivity index (χ4n) is 1.72. The molecule has 0 bridgehead atoms. The minimum Gasteiger partial charge on any atom is -0.505 e. The number of aromatic hydroxyl groups is 1. The Labute approximate surface area is 152 Å². The molecule has 27 heavy (non-hydrogen) atoms. The number of anilines is 1. The van der Waals surface area contributed by atoms with Crippen molar-refractivity contribution in [2.45, 2.75) is 4.90 Å². The van der Waals surface area contributed by atoms with Crippen molar-refractivity contribution in [2.75, 3.05) is 5.43 Å². The van der Waals surface area contributed by atoms with Crippen LogP contribution in [-0.4, -0.2) is 24.3 Å². The molecule has 0 aliphatic rings. The normalized spacial score (nSPS) is 11.9. The maximum absolute atomic E-state index is 11.2. The van der Waals surface area contributed by atoms with Gasteiger partial charge < -0.3 is 5.11 Å². The van der Waals surface area contributed by atoms with E-state index in [0.717, 1.165) is 18.2 Å². The molecule has 12 nitrogen and oxygen atoms in total. The molecule has 4 N–H and O–H groups in total. The minimum atomic E-state index is -3.82. The van der Waals surface area contributed by atoms with Crippen LogP contribution in [0, 0.1) is 21.4 Å². The van der Waals surface area contributed by atoms with Crippen LogP contribution in [0.5, 0.6) is 5.75 Å². The number of nitro benzene ring substituents is 1. The van der Waals surface area contributed by atoms with E-state index in [9.17, 15) is 23.6 Å². The molecular formula is C14H11N7O5S. The Hall–Kier alpha value is -3.89. The Balaban J connectivity index is 2.14. The maximum Gasteiger partial charge on any atom is 0.273 e. The van der Waals surface area contributed by atoms with Gasteiger partial charge in [0.2, 0.25) is 10.0 Å². The van der Waals surface area contributed by atoms with Crippen LogP contribution in [-0.2, 0) is 10.0 Å². The number of nitrogens with two attached hydrogens (primary N) is 1. The molecule has 13 heteroatoms. The van der Waals surface area contributed by atoms with E-state index in [1.165, 1.54) is 24.3 Å². The molecule has 0 unspecified atom stereocenters. The van der Waals surface area contributed by atoms with E-state index in [2.05, 4.69) is 20.8 Å². The molecule has 0 saturated carbocycles. The van der Waals surface area contributed by atoms with Gasteiger partial charge in [0.1, 0.15) is 17.5 Å². The zero-order chi connectivity index (χ0) is 20.0. The first-order valence-corrected chi connectivity index (χ1v) is 8.51. The summed E-state index contributed by atoms with van der Waals surface area (Å²) in [5.41, 5.74) is 2.40. The van der Waals surface area contributed by atoms with Crippen molar-refractivity contribution in [1.82, 2.24) is 0 Å². The Bertz CT molecular complexity index is 1070. The number of amidine groups is 1. The van der Waals surface area contributed by atoms with Gasteiger partial charge in [0.15, 0.2) is 0 Å². The van der Waals surface area contributed by atoms with E-state index in [1.54, 1.807) is 6.07 Å². The smallest absolute Gasteiger partial charge is 0.273 e. The van der Waals surface area contributed by atoms with Crippen molar-refractivity contribution in [2.24, 2.45) is 20.5 Å². The number of hydrogen-bond donors (Lipinski definition) is 3. The Morgan fingerprint density at radius 2 is 1.93 bits per heavy atom. The number of phenolic OH excluding ortho intramolecular Hbond substituents is 1. The lowest BCUT2D eigenvalue weighted by Crippen LogP contribution is -2.11. The highest BCUT2D eigenvalue weighted by Gasteiger charge is 2.10. The zero-order valence-corrected chi connectivity index (χ0v) is 14.2. The molecule has 0 atom stereocenters. The summed E-state index contributed by atoms with van der Waals surface area (Å²) in [4.78, 5) is 9.82. The molecule has 138 valence electrons. The predicted molar refractivity (Wildman–Crippen MR) is 93.8 cm³/mol. The summed E-state index contributed by atoms with van der Waals surface area (Å²) < 4.78 is 22.3. The summed E-state index contributed by atoms with van der Waals surface area (Å²) in [5.74, 6) is -0.903. The van der Waals surface area contributed by atoms with Crippen molar-refractivity contribution in [3.05, 3.63) is 52.6 Å². The maximum atomic E-state index is 11.2. The fourth-order valence-corrected chi connectivity index (χ4v) is 2.23. The topological polar surface area (TPSA) is 196 Å². The van der Waals surface area contributed by atoms with Gasteiger partial charge in [0.25, 0.3) is 11.5 Å². The summed E-state index contributed by atoms with van der Waals surface area (Å²) in [7, 11) is -3.82. The van der Waals surface area contributed by atoms with Gasteiger partial charge >= 0.3 is 0 Å². The molecule has 0 aromatic heterocycles. The van der Waals surface area contributed by atoms with E-state index in [0.29, 0.717) is 5.69 Å². The number of azo groups is 1. The molecule has 2 rings (SSSR count). The first-order valence-electron chi connectivity index (χ1n) is 6.96. The number of nitro groups is 1. The van der Waals surface area contributed by atoms with Crippen LogP contribution < -0.4 is 10.6 Å². The van der Waals surface area contributed by atoms with Crippen LogP contribution >= 0.6 is 0 Å². The highest BCUT2D eigenvalue weighted by atomic mass is 32.2. The second-order valence-electron chi connectivity index (χ2n) is 4.86. The molecule has 0 aliphatic carbocycles. The summed E-state index contributed by atoms with van der Waals surface area (Å²) in [5, 5.41) is 45.0. The molecule has 0 heterocycles. The number of non-ortho nitro benzene ring substituents is 1. The molecule has 0 spiro atoms. The van der Waals surface area contributed by atoms with E-state index in [-0.39, 0.29) is 16.3 Å². The average Bonchev–Trinajstić information content (AvgIpc) is 2.62. The Morgan fingerprint density at radius 3 is 2.44 bits per heavy atom. The van der Waals surface area contributed by atoms with Crippen LogP contribution in [0.1, 0.15) is 0 Å². The van der Waals surface area contributed by atoms with Gasteiger partial charge in [0.05, 0.1) is 21.6 Å². The molecule has 0 aliphatic heterocycles. The Morgan fingerprint density at radius 1 is 1.26 bits per heavy atom. The first kappa shape index (κ1) is 19.4. The van der Waals surface area contributed by atoms with Gasteiger partial charge in [-0.2, -0.15) is 5.26 Å². The van der Waals surface area contributed by atoms with Gasteiger partial charge in [0, 0.05) is 6.07 Å². The summed E-state index contributed by atoms with van der Waals surface area (Å²) in [6, 6.07) is 10.0. The summed E-state index contributed by atoms with van der Waals surface area (Å²) in [6.45, 7) is 0. The van der Waals surface area contributed by atoms with Crippen LogP contribution in [0.4, 0.5) is 17.1 Å². The molecule has 2 aromatic rings. The fraction of sp³-hybridized carbons (Fsp3) is 0. The third kappa shape index (κ3) is 5.29. The number of benzene rings is 2. The summed E-state index contributed by atoms with van der Waals surface area (Å²) in [6.07, 6.45) is 0. The van der Waals surface area contributed by atoms with E-state index < -0.39 is 26.5 Å². The third-order valence-corrected chi connectivity index (χ3v) is 3.93. The van der Waals surface area contributed by atoms with Crippen molar-refractivity contribution in [3.63, 3.8) is 0 Å². The third-order valence-electron chi connectivity index (χ3n) is 3.00. The van der Waals surface area contributed by atoms with Gasteiger partial charge in [-0.25, -0.2) is 13.6 Å². The van der Waals surface area contributed by atoms with Gasteiger partial charge in [-0.1, -0.05) is 0 Å². The highest BCUT2D eigenvalue weighted by molar-refractivity contribution is 7.89. The van der Waals surface area contributed by atoms with Gasteiger partial charge in [-0.05, 0) is 30.3 Å². The molecule has 0 amide bonds.